The van der Waals surface area contributed by atoms with Crippen LogP contribution in [0.3, 0.4) is 0 Å². The molecule has 2 N–H and O–H groups in total. The minimum atomic E-state index is -3.57. The van der Waals surface area contributed by atoms with Gasteiger partial charge >= 0.3 is 0 Å². The summed E-state index contributed by atoms with van der Waals surface area (Å²) in [5, 5.41) is 5.45. The zero-order valence-corrected chi connectivity index (χ0v) is 19.5. The van der Waals surface area contributed by atoms with E-state index >= 15 is 0 Å². The van der Waals surface area contributed by atoms with E-state index in [2.05, 4.69) is 15.5 Å². The largest absolute Gasteiger partial charge is 0.372 e. The molecule has 0 saturated carbocycles. The lowest BCUT2D eigenvalue weighted by Crippen LogP contribution is -2.41. The first-order chi connectivity index (χ1) is 15.2. The Morgan fingerprint density at radius 3 is 2.09 bits per heavy atom. The first-order valence-corrected chi connectivity index (χ1v) is 12.1. The van der Waals surface area contributed by atoms with E-state index in [0.717, 1.165) is 23.1 Å². The van der Waals surface area contributed by atoms with Crippen LogP contribution in [0, 0.1) is 0 Å². The molecule has 0 bridgehead atoms. The molecule has 172 valence electrons. The predicted octanol–water partition coefficient (Wildman–Crippen LogP) is 2.68. The standard InChI is InChI=1S/C23H30N4O4S/c1-17(24-23(29)18-7-13-21(14-8-18)32(30,31)26(2)3)22(28)25-19-9-11-20(12-10-19)27-15-5-4-6-16-27/h7-14,17H,4-6,15-16H2,1-3H3,(H,24,29)(H,25,28)/t17-/m0/s1. The van der Waals surface area contributed by atoms with Crippen molar-refractivity contribution in [3.05, 3.63) is 54.1 Å². The van der Waals surface area contributed by atoms with Gasteiger partial charge < -0.3 is 15.5 Å². The van der Waals surface area contributed by atoms with Gasteiger partial charge in [-0.3, -0.25) is 9.59 Å². The number of sulfonamides is 1. The Morgan fingerprint density at radius 2 is 1.53 bits per heavy atom. The van der Waals surface area contributed by atoms with E-state index in [1.54, 1.807) is 6.92 Å². The Labute approximate surface area is 189 Å². The van der Waals surface area contributed by atoms with Crippen LogP contribution in [0.1, 0.15) is 36.5 Å². The molecule has 2 amide bonds. The van der Waals surface area contributed by atoms with Crippen LogP contribution in [-0.2, 0) is 14.8 Å². The minimum absolute atomic E-state index is 0.0952. The second-order valence-corrected chi connectivity index (χ2v) is 10.2. The number of nitrogens with zero attached hydrogens (tertiary/aromatic N) is 2. The Kier molecular flexibility index (Phi) is 7.52. The van der Waals surface area contributed by atoms with Gasteiger partial charge in [0.25, 0.3) is 5.91 Å². The van der Waals surface area contributed by atoms with E-state index in [1.165, 1.54) is 57.6 Å². The SMILES string of the molecule is C[C@H](NC(=O)c1ccc(S(=O)(=O)N(C)C)cc1)C(=O)Nc1ccc(N2CCCCC2)cc1. The number of benzene rings is 2. The lowest BCUT2D eigenvalue weighted by molar-refractivity contribution is -0.117. The van der Waals surface area contributed by atoms with Crippen molar-refractivity contribution >= 4 is 33.2 Å². The van der Waals surface area contributed by atoms with E-state index in [4.69, 9.17) is 0 Å². The summed E-state index contributed by atoms with van der Waals surface area (Å²) < 4.78 is 25.4. The normalized spacial score (nSPS) is 15.3. The summed E-state index contributed by atoms with van der Waals surface area (Å²) in [5.41, 5.74) is 2.08. The van der Waals surface area contributed by atoms with Crippen LogP contribution >= 0.6 is 0 Å². The number of amides is 2. The number of anilines is 2. The molecule has 1 atom stereocenters. The third kappa shape index (κ3) is 5.66. The quantitative estimate of drug-likeness (QED) is 0.665. The van der Waals surface area contributed by atoms with Crippen LogP contribution in [0.4, 0.5) is 11.4 Å². The summed E-state index contributed by atoms with van der Waals surface area (Å²) in [7, 11) is -0.683. The van der Waals surface area contributed by atoms with Crippen LogP contribution < -0.4 is 15.5 Å². The smallest absolute Gasteiger partial charge is 0.251 e. The number of hydrogen-bond acceptors (Lipinski definition) is 5. The number of carbonyl (C=O) groups is 2. The topological polar surface area (TPSA) is 98.8 Å². The molecule has 0 aromatic heterocycles. The Bertz CT molecular complexity index is 1040. The highest BCUT2D eigenvalue weighted by Crippen LogP contribution is 2.22. The highest BCUT2D eigenvalue weighted by molar-refractivity contribution is 7.89. The Balaban J connectivity index is 1.56. The van der Waals surface area contributed by atoms with Crippen LogP contribution in [-0.4, -0.2) is 57.8 Å². The maximum absolute atomic E-state index is 12.5. The minimum Gasteiger partial charge on any atom is -0.372 e. The van der Waals surface area contributed by atoms with E-state index < -0.39 is 22.0 Å². The molecule has 0 spiro atoms. The van der Waals surface area contributed by atoms with Gasteiger partial charge in [0.05, 0.1) is 4.90 Å². The van der Waals surface area contributed by atoms with Crippen molar-refractivity contribution in [2.24, 2.45) is 0 Å². The molecule has 1 heterocycles. The molecule has 9 heteroatoms. The van der Waals surface area contributed by atoms with Crippen molar-refractivity contribution in [1.29, 1.82) is 0 Å². The van der Waals surface area contributed by atoms with E-state index in [0.29, 0.717) is 5.69 Å². The number of carbonyl (C=O) groups excluding carboxylic acids is 2. The van der Waals surface area contributed by atoms with Gasteiger partial charge in [0.15, 0.2) is 0 Å². The fourth-order valence-corrected chi connectivity index (χ4v) is 4.39. The molecule has 0 radical (unpaired) electrons. The molecule has 0 aliphatic carbocycles. The molecule has 0 unspecified atom stereocenters. The summed E-state index contributed by atoms with van der Waals surface area (Å²) in [6.45, 7) is 3.70. The number of hydrogen-bond donors (Lipinski definition) is 2. The van der Waals surface area contributed by atoms with Gasteiger partial charge in [0.2, 0.25) is 15.9 Å². The van der Waals surface area contributed by atoms with Gasteiger partial charge in [-0.25, -0.2) is 12.7 Å². The van der Waals surface area contributed by atoms with Gasteiger partial charge in [-0.05, 0) is 74.7 Å². The maximum Gasteiger partial charge on any atom is 0.251 e. The Morgan fingerprint density at radius 1 is 0.938 bits per heavy atom. The molecular weight excluding hydrogens is 428 g/mol. The third-order valence-corrected chi connectivity index (χ3v) is 7.32. The fourth-order valence-electron chi connectivity index (χ4n) is 3.49. The average molecular weight is 459 g/mol. The first-order valence-electron chi connectivity index (χ1n) is 10.7. The van der Waals surface area contributed by atoms with Gasteiger partial charge in [-0.1, -0.05) is 0 Å². The molecule has 32 heavy (non-hydrogen) atoms. The van der Waals surface area contributed by atoms with Gasteiger partial charge in [-0.15, -0.1) is 0 Å². The number of nitrogens with one attached hydrogen (secondary N) is 2. The van der Waals surface area contributed by atoms with Crippen LogP contribution in [0.2, 0.25) is 0 Å². The molecule has 1 fully saturated rings. The van der Waals surface area contributed by atoms with E-state index in [9.17, 15) is 18.0 Å². The maximum atomic E-state index is 12.5. The lowest BCUT2D eigenvalue weighted by Gasteiger charge is -2.28. The molecule has 3 rings (SSSR count). The average Bonchev–Trinajstić information content (AvgIpc) is 2.80. The summed E-state index contributed by atoms with van der Waals surface area (Å²) >= 11 is 0. The lowest BCUT2D eigenvalue weighted by atomic mass is 10.1. The van der Waals surface area contributed by atoms with Crippen molar-refractivity contribution in [1.82, 2.24) is 9.62 Å². The Hall–Kier alpha value is -2.91. The second-order valence-electron chi connectivity index (χ2n) is 8.09. The molecule has 2 aromatic rings. The van der Waals surface area contributed by atoms with Crippen molar-refractivity contribution in [2.75, 3.05) is 37.4 Å². The van der Waals surface area contributed by atoms with Crippen LogP contribution in [0.5, 0.6) is 0 Å². The molecule has 1 saturated heterocycles. The molecule has 1 aliphatic heterocycles. The summed E-state index contributed by atoms with van der Waals surface area (Å²) in [4.78, 5) is 27.4. The zero-order valence-electron chi connectivity index (χ0n) is 18.7. The monoisotopic (exact) mass is 458 g/mol. The molecule has 1 aliphatic rings. The highest BCUT2D eigenvalue weighted by atomic mass is 32.2. The number of piperidine rings is 1. The van der Waals surface area contributed by atoms with Gasteiger partial charge in [-0.2, -0.15) is 0 Å². The first kappa shape index (κ1) is 23.7. The third-order valence-electron chi connectivity index (χ3n) is 5.49. The van der Waals surface area contributed by atoms with Gasteiger partial charge in [0, 0.05) is 44.1 Å². The molecular formula is C23H30N4O4S. The second kappa shape index (κ2) is 10.1. The fraction of sp³-hybridized carbons (Fsp3) is 0.391. The summed E-state index contributed by atoms with van der Waals surface area (Å²) in [6, 6.07) is 12.5. The van der Waals surface area contributed by atoms with Crippen LogP contribution in [0.15, 0.2) is 53.4 Å². The molecule has 8 nitrogen and oxygen atoms in total. The van der Waals surface area contributed by atoms with Crippen molar-refractivity contribution in [2.45, 2.75) is 37.1 Å². The molecule has 2 aromatic carbocycles. The highest BCUT2D eigenvalue weighted by Gasteiger charge is 2.20. The van der Waals surface area contributed by atoms with E-state index in [-0.39, 0.29) is 16.4 Å². The summed E-state index contributed by atoms with van der Waals surface area (Å²) in [6.07, 6.45) is 3.67. The van der Waals surface area contributed by atoms with Gasteiger partial charge in [0.1, 0.15) is 6.04 Å². The van der Waals surface area contributed by atoms with Crippen LogP contribution in [0.25, 0.3) is 0 Å². The number of rotatable bonds is 7. The van der Waals surface area contributed by atoms with Crippen molar-refractivity contribution in [3.8, 4) is 0 Å². The summed E-state index contributed by atoms with van der Waals surface area (Å²) in [5.74, 6) is -0.794. The van der Waals surface area contributed by atoms with Crippen molar-refractivity contribution in [3.63, 3.8) is 0 Å². The zero-order chi connectivity index (χ0) is 23.3. The van der Waals surface area contributed by atoms with E-state index in [1.807, 2.05) is 24.3 Å². The van der Waals surface area contributed by atoms with Crippen molar-refractivity contribution < 1.29 is 18.0 Å². The predicted molar refractivity (Wildman–Crippen MR) is 125 cm³/mol.